The Kier molecular flexibility index (Phi) is 2.91. The van der Waals surface area contributed by atoms with E-state index < -0.39 is 0 Å². The summed E-state index contributed by atoms with van der Waals surface area (Å²) in [7, 11) is 0. The zero-order chi connectivity index (χ0) is 10.8. The van der Waals surface area contributed by atoms with Crippen LogP contribution in [0, 0.1) is 6.92 Å². The van der Waals surface area contributed by atoms with Crippen molar-refractivity contribution in [3.63, 3.8) is 0 Å². The van der Waals surface area contributed by atoms with Gasteiger partial charge in [0.15, 0.2) is 0 Å². The summed E-state index contributed by atoms with van der Waals surface area (Å²) in [6.07, 6.45) is 0.788. The molecule has 0 bridgehead atoms. The number of hydrogen-bond acceptors (Lipinski definition) is 2. The van der Waals surface area contributed by atoms with E-state index in [1.165, 1.54) is 10.6 Å². The van der Waals surface area contributed by atoms with Crippen molar-refractivity contribution in [2.24, 2.45) is 0 Å². The van der Waals surface area contributed by atoms with Crippen LogP contribution in [-0.2, 0) is 6.42 Å². The topological polar surface area (TPSA) is 17.8 Å². The minimum absolute atomic E-state index is 0.399. The standard InChI is InChI=1S/C12H15N2S/c1-4-10-8-11(12-6-5-7-15-12)13-14(10)9(2)3/h5-9H,1,4H2,2-3H3. The second kappa shape index (κ2) is 4.19. The van der Waals surface area contributed by atoms with Crippen molar-refractivity contribution in [1.82, 2.24) is 9.78 Å². The van der Waals surface area contributed by atoms with Crippen molar-refractivity contribution in [2.45, 2.75) is 26.3 Å². The maximum absolute atomic E-state index is 4.61. The molecule has 0 amide bonds. The summed E-state index contributed by atoms with van der Waals surface area (Å²) >= 11 is 1.72. The molecule has 0 aliphatic rings. The highest BCUT2D eigenvalue weighted by atomic mass is 32.1. The van der Waals surface area contributed by atoms with Gasteiger partial charge in [0.1, 0.15) is 5.69 Å². The quantitative estimate of drug-likeness (QED) is 0.771. The molecule has 0 unspecified atom stereocenters. The Bertz CT molecular complexity index is 426. The number of thiophene rings is 1. The molecule has 79 valence electrons. The predicted molar refractivity (Wildman–Crippen MR) is 65.0 cm³/mol. The van der Waals surface area contributed by atoms with Gasteiger partial charge < -0.3 is 0 Å². The fraction of sp³-hybridized carbons (Fsp3) is 0.333. The van der Waals surface area contributed by atoms with E-state index in [1.807, 2.05) is 0 Å². The lowest BCUT2D eigenvalue weighted by Gasteiger charge is -2.08. The van der Waals surface area contributed by atoms with Gasteiger partial charge in [-0.25, -0.2) is 0 Å². The van der Waals surface area contributed by atoms with Crippen LogP contribution in [0.15, 0.2) is 23.6 Å². The van der Waals surface area contributed by atoms with Crippen LogP contribution in [0.1, 0.15) is 25.6 Å². The van der Waals surface area contributed by atoms with Gasteiger partial charge in [-0.3, -0.25) is 4.68 Å². The van der Waals surface area contributed by atoms with Crippen molar-refractivity contribution in [3.05, 3.63) is 36.2 Å². The first-order valence-electron chi connectivity index (χ1n) is 5.14. The summed E-state index contributed by atoms with van der Waals surface area (Å²) in [5, 5.41) is 6.69. The molecule has 0 saturated heterocycles. The molecule has 0 atom stereocenters. The lowest BCUT2D eigenvalue weighted by Crippen LogP contribution is -2.06. The van der Waals surface area contributed by atoms with Gasteiger partial charge in [-0.2, -0.15) is 5.10 Å². The molecule has 15 heavy (non-hydrogen) atoms. The molecule has 2 aromatic heterocycles. The first-order chi connectivity index (χ1) is 7.22. The van der Waals surface area contributed by atoms with Gasteiger partial charge in [0.25, 0.3) is 0 Å². The fourth-order valence-electron chi connectivity index (χ4n) is 1.61. The maximum atomic E-state index is 4.61. The zero-order valence-electron chi connectivity index (χ0n) is 9.10. The average molecular weight is 219 g/mol. The zero-order valence-corrected chi connectivity index (χ0v) is 9.92. The number of nitrogens with zero attached hydrogens (tertiary/aromatic N) is 2. The van der Waals surface area contributed by atoms with E-state index in [9.17, 15) is 0 Å². The van der Waals surface area contributed by atoms with Crippen molar-refractivity contribution in [2.75, 3.05) is 0 Å². The second-order valence-corrected chi connectivity index (χ2v) is 4.73. The van der Waals surface area contributed by atoms with Crippen LogP contribution in [0.2, 0.25) is 0 Å². The third-order valence-corrected chi connectivity index (χ3v) is 3.22. The van der Waals surface area contributed by atoms with Crippen LogP contribution in [0.3, 0.4) is 0 Å². The van der Waals surface area contributed by atoms with Crippen LogP contribution < -0.4 is 0 Å². The maximum Gasteiger partial charge on any atom is 0.103 e. The van der Waals surface area contributed by atoms with E-state index in [-0.39, 0.29) is 0 Å². The van der Waals surface area contributed by atoms with Gasteiger partial charge in [-0.15, -0.1) is 11.3 Å². The Morgan fingerprint density at radius 1 is 1.53 bits per heavy atom. The van der Waals surface area contributed by atoms with E-state index in [0.29, 0.717) is 6.04 Å². The van der Waals surface area contributed by atoms with Gasteiger partial charge in [0.2, 0.25) is 0 Å². The second-order valence-electron chi connectivity index (χ2n) is 3.79. The first kappa shape index (κ1) is 10.4. The molecule has 0 N–H and O–H groups in total. The molecule has 1 radical (unpaired) electrons. The van der Waals surface area contributed by atoms with Crippen LogP contribution in [-0.4, -0.2) is 9.78 Å². The van der Waals surface area contributed by atoms with Crippen molar-refractivity contribution in [1.29, 1.82) is 0 Å². The largest absolute Gasteiger partial charge is 0.266 e. The monoisotopic (exact) mass is 219 g/mol. The normalized spacial score (nSPS) is 11.2. The Balaban J connectivity index is 2.43. The lowest BCUT2D eigenvalue weighted by molar-refractivity contribution is 0.516. The molecule has 0 saturated carbocycles. The number of aromatic nitrogens is 2. The SMILES string of the molecule is [CH2]Cc1cc(-c2cccs2)nn1C(C)C. The first-order valence-corrected chi connectivity index (χ1v) is 6.02. The molecule has 2 rings (SSSR count). The molecule has 3 heteroatoms. The van der Waals surface area contributed by atoms with Crippen LogP contribution in [0.5, 0.6) is 0 Å². The highest BCUT2D eigenvalue weighted by Crippen LogP contribution is 2.25. The Labute approximate surface area is 94.6 Å². The van der Waals surface area contributed by atoms with E-state index >= 15 is 0 Å². The number of hydrogen-bond donors (Lipinski definition) is 0. The fourth-order valence-corrected chi connectivity index (χ4v) is 2.29. The van der Waals surface area contributed by atoms with Gasteiger partial charge in [-0.05, 0) is 44.7 Å². The summed E-state index contributed by atoms with van der Waals surface area (Å²) in [6, 6.07) is 6.69. The van der Waals surface area contributed by atoms with Crippen LogP contribution in [0.4, 0.5) is 0 Å². The third-order valence-electron chi connectivity index (χ3n) is 2.33. The van der Waals surface area contributed by atoms with E-state index in [1.54, 1.807) is 11.3 Å². The predicted octanol–water partition coefficient (Wildman–Crippen LogP) is 3.57. The van der Waals surface area contributed by atoms with Crippen LogP contribution in [0.25, 0.3) is 10.6 Å². The molecule has 0 aromatic carbocycles. The van der Waals surface area contributed by atoms with Crippen molar-refractivity contribution in [3.8, 4) is 10.6 Å². The number of rotatable bonds is 3. The van der Waals surface area contributed by atoms with Gasteiger partial charge in [0.05, 0.1) is 4.88 Å². The smallest absolute Gasteiger partial charge is 0.103 e. The minimum atomic E-state index is 0.399. The summed E-state index contributed by atoms with van der Waals surface area (Å²) in [4.78, 5) is 1.23. The Morgan fingerprint density at radius 2 is 2.33 bits per heavy atom. The van der Waals surface area contributed by atoms with Gasteiger partial charge in [-0.1, -0.05) is 6.07 Å². The summed E-state index contributed by atoms with van der Waals surface area (Å²) < 4.78 is 2.06. The highest BCUT2D eigenvalue weighted by molar-refractivity contribution is 7.13. The summed E-state index contributed by atoms with van der Waals surface area (Å²) in [5.74, 6) is 0. The van der Waals surface area contributed by atoms with Gasteiger partial charge in [0, 0.05) is 11.7 Å². The summed E-state index contributed by atoms with van der Waals surface area (Å²) in [6.45, 7) is 8.22. The molecule has 0 aliphatic heterocycles. The molecular formula is C12H15N2S. The molecular weight excluding hydrogens is 204 g/mol. The van der Waals surface area contributed by atoms with Gasteiger partial charge >= 0.3 is 0 Å². The Morgan fingerprint density at radius 3 is 2.80 bits per heavy atom. The highest BCUT2D eigenvalue weighted by Gasteiger charge is 2.10. The molecule has 0 spiro atoms. The minimum Gasteiger partial charge on any atom is -0.266 e. The van der Waals surface area contributed by atoms with Crippen molar-refractivity contribution < 1.29 is 0 Å². The summed E-state index contributed by atoms with van der Waals surface area (Å²) in [5.41, 5.74) is 2.27. The molecule has 0 fully saturated rings. The molecule has 0 aliphatic carbocycles. The van der Waals surface area contributed by atoms with Crippen LogP contribution >= 0.6 is 11.3 Å². The third kappa shape index (κ3) is 1.97. The van der Waals surface area contributed by atoms with E-state index in [2.05, 4.69) is 54.1 Å². The average Bonchev–Trinajstić information content (AvgIpc) is 2.86. The van der Waals surface area contributed by atoms with E-state index in [4.69, 9.17) is 0 Å². The Hall–Kier alpha value is -1.09. The van der Waals surface area contributed by atoms with E-state index in [0.717, 1.165) is 12.1 Å². The molecule has 2 aromatic rings. The lowest BCUT2D eigenvalue weighted by atomic mass is 10.2. The van der Waals surface area contributed by atoms with Crippen molar-refractivity contribution >= 4 is 11.3 Å². The molecule has 2 nitrogen and oxygen atoms in total. The molecule has 2 heterocycles.